The van der Waals surface area contributed by atoms with Gasteiger partial charge in [-0.3, -0.25) is 10.1 Å². The number of methoxy groups -OCH3 is 1. The van der Waals surface area contributed by atoms with Crippen LogP contribution < -0.4 is 10.6 Å². The summed E-state index contributed by atoms with van der Waals surface area (Å²) in [7, 11) is 1.27. The molecule has 176 valence electrons. The van der Waals surface area contributed by atoms with Crippen LogP contribution in [0.1, 0.15) is 42.2 Å². The molecule has 0 spiro atoms. The number of benzene rings is 2. The van der Waals surface area contributed by atoms with E-state index in [-0.39, 0.29) is 24.4 Å². The summed E-state index contributed by atoms with van der Waals surface area (Å²) in [6.45, 7) is 3.31. The normalized spacial score (nSPS) is 13.2. The Balaban J connectivity index is 2.32. The molecule has 0 radical (unpaired) electrons. The molecule has 1 amide bonds. The highest BCUT2D eigenvalue weighted by Crippen LogP contribution is 2.34. The van der Waals surface area contributed by atoms with Gasteiger partial charge in [0.2, 0.25) is 5.91 Å². The Morgan fingerprint density at radius 3 is 2.30 bits per heavy atom. The van der Waals surface area contributed by atoms with Gasteiger partial charge in [-0.15, -0.1) is 0 Å². The van der Waals surface area contributed by atoms with Crippen LogP contribution in [-0.4, -0.2) is 37.7 Å². The van der Waals surface area contributed by atoms with Gasteiger partial charge in [-0.2, -0.15) is 18.4 Å². The third-order valence-corrected chi connectivity index (χ3v) is 4.92. The third-order valence-electron chi connectivity index (χ3n) is 4.92. The van der Waals surface area contributed by atoms with Gasteiger partial charge in [-0.05, 0) is 41.2 Å². The number of nitriles is 1. The molecule has 0 saturated heterocycles. The molecule has 2 unspecified atom stereocenters. The zero-order valence-corrected chi connectivity index (χ0v) is 18.6. The van der Waals surface area contributed by atoms with Crippen molar-refractivity contribution < 1.29 is 27.5 Å². The van der Waals surface area contributed by atoms with E-state index < -0.39 is 30.1 Å². The highest BCUT2D eigenvalue weighted by atomic mass is 19.4. The second-order valence-electron chi connectivity index (χ2n) is 7.89. The summed E-state index contributed by atoms with van der Waals surface area (Å²) in [6, 6.07) is 10.8. The first-order valence-corrected chi connectivity index (χ1v) is 10.3. The molecule has 2 rings (SSSR count). The van der Waals surface area contributed by atoms with Crippen LogP contribution in [0.15, 0.2) is 48.5 Å². The molecule has 0 aliphatic rings. The van der Waals surface area contributed by atoms with Crippen LogP contribution in [0.2, 0.25) is 0 Å². The molecule has 0 bridgehead atoms. The molecule has 9 heteroatoms. The van der Waals surface area contributed by atoms with Crippen LogP contribution in [0, 0.1) is 17.2 Å². The summed E-state index contributed by atoms with van der Waals surface area (Å²) in [5.74, 6) is -1.22. The summed E-state index contributed by atoms with van der Waals surface area (Å²) in [4.78, 5) is 24.1. The summed E-state index contributed by atoms with van der Waals surface area (Å²) in [6.07, 6.45) is -4.49. The predicted octanol–water partition coefficient (Wildman–Crippen LogP) is 4.39. The second-order valence-corrected chi connectivity index (χ2v) is 7.89. The van der Waals surface area contributed by atoms with Crippen molar-refractivity contribution >= 4 is 11.9 Å². The minimum atomic E-state index is -4.66. The predicted molar refractivity (Wildman–Crippen MR) is 117 cm³/mol. The number of carbonyl (C=O) groups is 2. The van der Waals surface area contributed by atoms with Crippen LogP contribution in [0.3, 0.4) is 0 Å². The van der Waals surface area contributed by atoms with Gasteiger partial charge in [-0.1, -0.05) is 50.2 Å². The van der Waals surface area contributed by atoms with Gasteiger partial charge in [0, 0.05) is 0 Å². The molecule has 6 nitrogen and oxygen atoms in total. The van der Waals surface area contributed by atoms with Crippen molar-refractivity contribution in [3.8, 4) is 17.2 Å². The smallest absolute Gasteiger partial charge is 0.407 e. The van der Waals surface area contributed by atoms with Gasteiger partial charge in [-0.25, -0.2) is 4.79 Å². The Morgan fingerprint density at radius 2 is 1.76 bits per heavy atom. The number of esters is 1. The number of ether oxygens (including phenoxy) is 1. The van der Waals surface area contributed by atoms with E-state index in [1.165, 1.54) is 31.4 Å². The van der Waals surface area contributed by atoms with E-state index in [4.69, 9.17) is 10.00 Å². The Hall–Kier alpha value is -3.38. The molecule has 2 aromatic rings. The van der Waals surface area contributed by atoms with E-state index in [1.54, 1.807) is 44.2 Å². The number of hydrogen-bond acceptors (Lipinski definition) is 5. The summed E-state index contributed by atoms with van der Waals surface area (Å²) in [5, 5.41) is 13.4. The Bertz CT molecular complexity index is 998. The molecule has 2 atom stereocenters. The van der Waals surface area contributed by atoms with Crippen molar-refractivity contribution in [2.24, 2.45) is 5.92 Å². The molecular formula is C24H26F3N3O3. The molecule has 2 N–H and O–H groups in total. The standard InChI is InChI=1S/C24H26F3N3O3/c1-15(2)13-20(22(31)29-12-11-28)30-21(24(25,26)27)17-9-7-16(8-10-17)18-5-4-6-19(14-18)23(32)33-3/h4-10,14-15,20-21,30H,12-13H2,1-3H3,(H,29,31). The van der Waals surface area contributed by atoms with E-state index >= 15 is 0 Å². The van der Waals surface area contributed by atoms with Crippen molar-refractivity contribution in [2.75, 3.05) is 13.7 Å². The van der Waals surface area contributed by atoms with E-state index in [0.717, 1.165) is 0 Å². The Morgan fingerprint density at radius 1 is 1.09 bits per heavy atom. The second kappa shape index (κ2) is 11.5. The van der Waals surface area contributed by atoms with Crippen LogP contribution in [0.5, 0.6) is 0 Å². The van der Waals surface area contributed by atoms with Gasteiger partial charge in [0.25, 0.3) is 0 Å². The van der Waals surface area contributed by atoms with Crippen molar-refractivity contribution in [2.45, 2.75) is 38.5 Å². The first-order chi connectivity index (χ1) is 15.6. The lowest BCUT2D eigenvalue weighted by molar-refractivity contribution is -0.161. The van der Waals surface area contributed by atoms with Crippen LogP contribution >= 0.6 is 0 Å². The summed E-state index contributed by atoms with van der Waals surface area (Å²) >= 11 is 0. The van der Waals surface area contributed by atoms with Gasteiger partial charge < -0.3 is 10.1 Å². The topological polar surface area (TPSA) is 91.2 Å². The number of nitrogens with one attached hydrogen (secondary N) is 2. The first kappa shape index (κ1) is 25.9. The molecule has 0 fully saturated rings. The SMILES string of the molecule is COC(=O)c1cccc(-c2ccc(C(NC(CC(C)C)C(=O)NCC#N)C(F)(F)F)cc2)c1. The van der Waals surface area contributed by atoms with Crippen molar-refractivity contribution in [1.29, 1.82) is 5.26 Å². The summed E-state index contributed by atoms with van der Waals surface area (Å²) in [5.41, 5.74) is 1.54. The largest absolute Gasteiger partial charge is 0.465 e. The maximum Gasteiger partial charge on any atom is 0.407 e. The van der Waals surface area contributed by atoms with Crippen LogP contribution in [-0.2, 0) is 9.53 Å². The lowest BCUT2D eigenvalue weighted by Gasteiger charge is -2.28. The molecule has 0 heterocycles. The Kier molecular flexibility index (Phi) is 9.00. The van der Waals surface area contributed by atoms with E-state index in [1.807, 2.05) is 0 Å². The number of carbonyl (C=O) groups excluding carboxylic acids is 2. The fraction of sp³-hybridized carbons (Fsp3) is 0.375. The zero-order valence-electron chi connectivity index (χ0n) is 18.6. The number of rotatable bonds is 9. The lowest BCUT2D eigenvalue weighted by atomic mass is 9.97. The van der Waals surface area contributed by atoms with E-state index in [9.17, 15) is 22.8 Å². The average molecular weight is 461 g/mol. The van der Waals surface area contributed by atoms with Crippen LogP contribution in [0.25, 0.3) is 11.1 Å². The van der Waals surface area contributed by atoms with Crippen molar-refractivity contribution in [1.82, 2.24) is 10.6 Å². The minimum absolute atomic E-state index is 0.0475. The molecule has 0 aliphatic carbocycles. The molecule has 0 saturated carbocycles. The summed E-state index contributed by atoms with van der Waals surface area (Å²) < 4.78 is 46.5. The van der Waals surface area contributed by atoms with E-state index in [2.05, 4.69) is 10.6 Å². The van der Waals surface area contributed by atoms with Crippen molar-refractivity contribution in [3.63, 3.8) is 0 Å². The maximum atomic E-state index is 13.9. The molecule has 33 heavy (non-hydrogen) atoms. The number of alkyl halides is 3. The van der Waals surface area contributed by atoms with Gasteiger partial charge >= 0.3 is 12.1 Å². The number of amides is 1. The lowest BCUT2D eigenvalue weighted by Crippen LogP contribution is -2.49. The van der Waals surface area contributed by atoms with Gasteiger partial charge in [0.1, 0.15) is 12.6 Å². The fourth-order valence-electron chi connectivity index (χ4n) is 3.36. The number of halogens is 3. The van der Waals surface area contributed by atoms with Crippen molar-refractivity contribution in [3.05, 3.63) is 59.7 Å². The number of nitrogens with zero attached hydrogens (tertiary/aromatic N) is 1. The van der Waals surface area contributed by atoms with E-state index in [0.29, 0.717) is 16.7 Å². The highest BCUT2D eigenvalue weighted by Gasteiger charge is 2.42. The fourth-order valence-corrected chi connectivity index (χ4v) is 3.36. The minimum Gasteiger partial charge on any atom is -0.465 e. The number of hydrogen-bond donors (Lipinski definition) is 2. The van der Waals surface area contributed by atoms with Gasteiger partial charge in [0.05, 0.1) is 24.8 Å². The third kappa shape index (κ3) is 7.32. The zero-order chi connectivity index (χ0) is 24.6. The maximum absolute atomic E-state index is 13.9. The average Bonchev–Trinajstić information content (AvgIpc) is 2.78. The molecule has 0 aromatic heterocycles. The first-order valence-electron chi connectivity index (χ1n) is 10.3. The Labute approximate surface area is 190 Å². The molecule has 0 aliphatic heterocycles. The quantitative estimate of drug-likeness (QED) is 0.427. The van der Waals surface area contributed by atoms with Crippen LogP contribution in [0.4, 0.5) is 13.2 Å². The van der Waals surface area contributed by atoms with Gasteiger partial charge in [0.15, 0.2) is 0 Å². The monoisotopic (exact) mass is 461 g/mol. The molecule has 2 aromatic carbocycles. The molecular weight excluding hydrogens is 435 g/mol. The highest BCUT2D eigenvalue weighted by molar-refractivity contribution is 5.91.